The molecule has 1 saturated heterocycles. The first kappa shape index (κ1) is 35.7. The maximum atomic E-state index is 13.0. The number of amides is 1. The van der Waals surface area contributed by atoms with Gasteiger partial charge < -0.3 is 9.62 Å². The molecule has 0 unspecified atom stereocenters. The molecule has 1 fully saturated rings. The number of pyridine rings is 2. The lowest BCUT2D eigenvalue weighted by molar-refractivity contribution is 0.102. The Morgan fingerprint density at radius 3 is 2.38 bits per heavy atom. The van der Waals surface area contributed by atoms with Crippen molar-refractivity contribution in [2.75, 3.05) is 27.8 Å². The fourth-order valence-corrected chi connectivity index (χ4v) is 5.56. The number of nitrogens with zero attached hydrogens (tertiary/aromatic N) is 3. The molecule has 1 N–H and O–H groups in total. The van der Waals surface area contributed by atoms with Crippen LogP contribution < -0.4 is 9.62 Å². The lowest BCUT2D eigenvalue weighted by atomic mass is 10.1. The summed E-state index contributed by atoms with van der Waals surface area (Å²) in [6.07, 6.45) is 8.32. The summed E-state index contributed by atoms with van der Waals surface area (Å²) in [5.74, 6) is 1.54. The van der Waals surface area contributed by atoms with E-state index in [1.165, 1.54) is 19.3 Å². The number of carbonyl (C=O) groups is 1. The minimum Gasteiger partial charge on any atom is -0.322 e. The fourth-order valence-electron chi connectivity index (χ4n) is 4.02. The Morgan fingerprint density at radius 2 is 1.67 bits per heavy atom. The van der Waals surface area contributed by atoms with E-state index in [0.29, 0.717) is 27.0 Å². The molecular formula is C33H41Cl3N4OS. The Kier molecular flexibility index (Phi) is 16.7. The molecule has 3 heterocycles. The van der Waals surface area contributed by atoms with Crippen LogP contribution in [0.2, 0.25) is 10.0 Å². The van der Waals surface area contributed by atoms with Gasteiger partial charge in [0, 0.05) is 52.9 Å². The molecule has 0 bridgehead atoms. The molecule has 0 atom stereocenters. The van der Waals surface area contributed by atoms with Gasteiger partial charge in [-0.1, -0.05) is 70.7 Å². The summed E-state index contributed by atoms with van der Waals surface area (Å²) in [5.41, 5.74) is 4.32. The molecular weight excluding hydrogens is 607 g/mol. The lowest BCUT2D eigenvalue weighted by Gasteiger charge is -2.21. The van der Waals surface area contributed by atoms with Crippen LogP contribution in [0, 0.1) is 0 Å². The zero-order valence-corrected chi connectivity index (χ0v) is 28.2. The summed E-state index contributed by atoms with van der Waals surface area (Å²) < 4.78 is 2.26. The SMILES string of the molecule is CC.CCC.CCCl.O=C(Nc1ccc(Cl)c(-c2nccc3ncccc23)c1)c1ccc(N2CCCCCS2)cc1Cl. The number of halogens is 3. The summed E-state index contributed by atoms with van der Waals surface area (Å²) in [6.45, 7) is 11.1. The Balaban J connectivity index is 0.000000699. The van der Waals surface area contributed by atoms with E-state index in [1.54, 1.807) is 30.6 Å². The van der Waals surface area contributed by atoms with Gasteiger partial charge in [-0.25, -0.2) is 0 Å². The highest BCUT2D eigenvalue weighted by atomic mass is 35.5. The second kappa shape index (κ2) is 19.6. The van der Waals surface area contributed by atoms with Gasteiger partial charge in [-0.15, -0.1) is 11.6 Å². The van der Waals surface area contributed by atoms with E-state index in [-0.39, 0.29) is 5.91 Å². The topological polar surface area (TPSA) is 58.1 Å². The summed E-state index contributed by atoms with van der Waals surface area (Å²) in [5, 5.41) is 4.81. The Bertz CT molecular complexity index is 1390. The minimum atomic E-state index is -0.277. The zero-order chi connectivity index (χ0) is 30.9. The van der Waals surface area contributed by atoms with Crippen molar-refractivity contribution in [3.05, 3.63) is 82.6 Å². The summed E-state index contributed by atoms with van der Waals surface area (Å²) in [7, 11) is 0. The van der Waals surface area contributed by atoms with Gasteiger partial charge in [-0.2, -0.15) is 0 Å². The van der Waals surface area contributed by atoms with Crippen molar-refractivity contribution in [2.24, 2.45) is 0 Å². The summed E-state index contributed by atoms with van der Waals surface area (Å²) in [4.78, 5) is 22.0. The van der Waals surface area contributed by atoms with Crippen molar-refractivity contribution in [1.29, 1.82) is 0 Å². The van der Waals surface area contributed by atoms with Crippen LogP contribution in [0.4, 0.5) is 11.4 Å². The van der Waals surface area contributed by atoms with Gasteiger partial charge in [0.1, 0.15) is 0 Å². The average Bonchev–Trinajstić information content (AvgIpc) is 3.30. The standard InChI is InChI=1S/C26H22Cl2N4OS.C3H8.C2H5Cl.C2H6/c27-22-9-6-17(15-21(22)25-20-5-4-11-29-24(20)10-12-30-25)31-26(33)19-8-7-18(16-23(19)28)32-13-2-1-3-14-34-32;1-3-2;1-2-3;1-2/h4-12,15-16H,1-3,13-14H2,(H,31,33);3H2,1-2H3;2H2,1H3;1-2H3. The van der Waals surface area contributed by atoms with E-state index in [1.807, 2.05) is 69.1 Å². The number of hydrogen-bond donors (Lipinski definition) is 1. The third-order valence-corrected chi connectivity index (χ3v) is 7.57. The first-order chi connectivity index (χ1) is 20.4. The van der Waals surface area contributed by atoms with Gasteiger partial charge in [-0.3, -0.25) is 14.8 Å². The van der Waals surface area contributed by atoms with Crippen LogP contribution in [-0.2, 0) is 0 Å². The van der Waals surface area contributed by atoms with Gasteiger partial charge in [0.15, 0.2) is 0 Å². The summed E-state index contributed by atoms with van der Waals surface area (Å²) >= 11 is 19.9. The smallest absolute Gasteiger partial charge is 0.257 e. The van der Waals surface area contributed by atoms with Crippen LogP contribution in [0.15, 0.2) is 67.0 Å². The van der Waals surface area contributed by atoms with E-state index < -0.39 is 0 Å². The number of fused-ring (bicyclic) bond motifs is 1. The molecule has 226 valence electrons. The molecule has 0 saturated carbocycles. The van der Waals surface area contributed by atoms with Crippen molar-refractivity contribution in [3.8, 4) is 11.3 Å². The maximum Gasteiger partial charge on any atom is 0.257 e. The Morgan fingerprint density at radius 1 is 0.929 bits per heavy atom. The first-order valence-electron chi connectivity index (χ1n) is 14.5. The van der Waals surface area contributed by atoms with Crippen LogP contribution in [0.3, 0.4) is 0 Å². The van der Waals surface area contributed by atoms with Crippen molar-refractivity contribution < 1.29 is 4.79 Å². The van der Waals surface area contributed by atoms with Crippen LogP contribution in [0.25, 0.3) is 22.2 Å². The lowest BCUT2D eigenvalue weighted by Crippen LogP contribution is -2.16. The normalized spacial score (nSPS) is 12.4. The highest BCUT2D eigenvalue weighted by molar-refractivity contribution is 8.00. The highest BCUT2D eigenvalue weighted by Gasteiger charge is 2.17. The van der Waals surface area contributed by atoms with Crippen molar-refractivity contribution in [3.63, 3.8) is 0 Å². The number of aromatic nitrogens is 2. The molecule has 4 aromatic rings. The van der Waals surface area contributed by atoms with Gasteiger partial charge in [0.2, 0.25) is 0 Å². The molecule has 0 spiro atoms. The van der Waals surface area contributed by atoms with Gasteiger partial charge in [0.25, 0.3) is 5.91 Å². The van der Waals surface area contributed by atoms with E-state index >= 15 is 0 Å². The number of anilines is 2. The molecule has 5 rings (SSSR count). The predicted molar refractivity (Wildman–Crippen MR) is 187 cm³/mol. The molecule has 0 aliphatic carbocycles. The minimum absolute atomic E-state index is 0.277. The van der Waals surface area contributed by atoms with Crippen LogP contribution >= 0.6 is 46.8 Å². The number of hydrogen-bond acceptors (Lipinski definition) is 5. The number of nitrogens with one attached hydrogen (secondary N) is 1. The molecule has 1 amide bonds. The number of alkyl halides is 1. The Hall–Kier alpha value is -2.51. The number of carbonyl (C=O) groups excluding carboxylic acids is 1. The maximum absolute atomic E-state index is 13.0. The van der Waals surface area contributed by atoms with Crippen molar-refractivity contribution in [1.82, 2.24) is 9.97 Å². The summed E-state index contributed by atoms with van der Waals surface area (Å²) in [6, 6.07) is 16.6. The van der Waals surface area contributed by atoms with Gasteiger partial charge in [-0.05, 0) is 79.4 Å². The highest BCUT2D eigenvalue weighted by Crippen LogP contribution is 2.34. The third-order valence-electron chi connectivity index (χ3n) is 5.75. The molecule has 2 aromatic carbocycles. The quantitative estimate of drug-likeness (QED) is 0.176. The molecule has 42 heavy (non-hydrogen) atoms. The van der Waals surface area contributed by atoms with E-state index in [2.05, 4.69) is 33.4 Å². The van der Waals surface area contributed by atoms with E-state index in [9.17, 15) is 4.79 Å². The zero-order valence-electron chi connectivity index (χ0n) is 25.1. The number of benzene rings is 2. The molecule has 2 aromatic heterocycles. The Labute approximate surface area is 270 Å². The average molecular weight is 648 g/mol. The largest absolute Gasteiger partial charge is 0.322 e. The molecule has 1 aliphatic heterocycles. The third kappa shape index (κ3) is 10.3. The molecule has 5 nitrogen and oxygen atoms in total. The monoisotopic (exact) mass is 646 g/mol. The number of rotatable bonds is 4. The predicted octanol–water partition coefficient (Wildman–Crippen LogP) is 11.2. The van der Waals surface area contributed by atoms with Crippen LogP contribution in [0.5, 0.6) is 0 Å². The second-order valence-corrected chi connectivity index (χ2v) is 11.5. The fraction of sp³-hybridized carbons (Fsp3) is 0.364. The molecule has 1 aliphatic rings. The van der Waals surface area contributed by atoms with Crippen LogP contribution in [-0.4, -0.2) is 34.1 Å². The molecule has 9 heteroatoms. The van der Waals surface area contributed by atoms with Crippen LogP contribution in [0.1, 0.15) is 70.7 Å². The second-order valence-electron chi connectivity index (χ2n) is 9.01. The first-order valence-corrected chi connectivity index (χ1v) is 16.7. The van der Waals surface area contributed by atoms with Gasteiger partial charge >= 0.3 is 0 Å². The van der Waals surface area contributed by atoms with E-state index in [4.69, 9.17) is 34.8 Å². The molecule has 0 radical (unpaired) electrons. The van der Waals surface area contributed by atoms with Gasteiger partial charge in [0.05, 0.1) is 26.8 Å². The van der Waals surface area contributed by atoms with E-state index in [0.717, 1.165) is 46.8 Å². The van der Waals surface area contributed by atoms with Crippen molar-refractivity contribution >= 4 is 74.9 Å². The van der Waals surface area contributed by atoms with Crippen molar-refractivity contribution in [2.45, 2.75) is 60.3 Å².